The third kappa shape index (κ3) is 4.85. The zero-order valence-electron chi connectivity index (χ0n) is 19.4. The fourth-order valence-electron chi connectivity index (χ4n) is 6.56. The van der Waals surface area contributed by atoms with Gasteiger partial charge in [0.15, 0.2) is 0 Å². The Balaban J connectivity index is 1.68. The lowest BCUT2D eigenvalue weighted by molar-refractivity contribution is -0.151. The van der Waals surface area contributed by atoms with E-state index in [1.807, 2.05) is 11.8 Å². The molecule has 0 bridgehead atoms. The minimum absolute atomic E-state index is 0.00268. The van der Waals surface area contributed by atoms with Crippen molar-refractivity contribution in [1.82, 2.24) is 10.2 Å². The third-order valence-electron chi connectivity index (χ3n) is 8.47. The molecule has 30 heavy (non-hydrogen) atoms. The van der Waals surface area contributed by atoms with Crippen molar-refractivity contribution in [1.29, 1.82) is 0 Å². The highest BCUT2D eigenvalue weighted by Crippen LogP contribution is 2.55. The molecule has 2 saturated carbocycles. The molecule has 7 atom stereocenters. The van der Waals surface area contributed by atoms with Gasteiger partial charge in [-0.3, -0.25) is 9.59 Å². The Morgan fingerprint density at radius 2 is 1.87 bits per heavy atom. The van der Waals surface area contributed by atoms with Crippen molar-refractivity contribution in [2.24, 2.45) is 29.1 Å². The summed E-state index contributed by atoms with van der Waals surface area (Å²) in [5, 5.41) is 14.7. The van der Waals surface area contributed by atoms with Crippen LogP contribution in [0.2, 0.25) is 0 Å². The predicted octanol–water partition coefficient (Wildman–Crippen LogP) is 2.98. The molecule has 172 valence electrons. The molecule has 6 heteroatoms. The molecule has 2 amide bonds. The second kappa shape index (κ2) is 9.99. The summed E-state index contributed by atoms with van der Waals surface area (Å²) in [6.45, 7) is 8.64. The van der Waals surface area contributed by atoms with Crippen LogP contribution in [0.15, 0.2) is 0 Å². The van der Waals surface area contributed by atoms with Gasteiger partial charge < -0.3 is 20.1 Å². The number of methoxy groups -OCH3 is 1. The Labute approximate surface area is 182 Å². The number of nitrogens with one attached hydrogen (secondary N) is 1. The maximum atomic E-state index is 13.1. The van der Waals surface area contributed by atoms with Crippen molar-refractivity contribution in [2.75, 3.05) is 26.8 Å². The summed E-state index contributed by atoms with van der Waals surface area (Å²) in [5.41, 5.74) is 0.0803. The van der Waals surface area contributed by atoms with Crippen LogP contribution in [0.1, 0.15) is 72.1 Å². The van der Waals surface area contributed by atoms with Gasteiger partial charge in [0.2, 0.25) is 11.8 Å². The third-order valence-corrected chi connectivity index (χ3v) is 8.47. The van der Waals surface area contributed by atoms with Crippen molar-refractivity contribution in [2.45, 2.75) is 84.3 Å². The van der Waals surface area contributed by atoms with E-state index in [0.717, 1.165) is 51.6 Å². The first kappa shape index (κ1) is 23.5. The highest BCUT2D eigenvalue weighted by atomic mass is 16.5. The normalized spacial score (nSPS) is 37.9. The van der Waals surface area contributed by atoms with Crippen molar-refractivity contribution < 1.29 is 19.4 Å². The Morgan fingerprint density at radius 3 is 2.53 bits per heavy atom. The Kier molecular flexibility index (Phi) is 7.83. The fraction of sp³-hybridized carbons (Fsp3) is 0.917. The number of ether oxygens (including phenoxy) is 1. The quantitative estimate of drug-likeness (QED) is 0.690. The number of hydrogen-bond donors (Lipinski definition) is 2. The SMILES string of the molecule is COCCC(=O)N[C@H]1CC[C@]2(C)CC[C@@H]([C@H](C)C(=O)N3CCCCC3)[C@H](O)[C@H]2[C@@H]1C. The molecule has 6 nitrogen and oxygen atoms in total. The summed E-state index contributed by atoms with van der Waals surface area (Å²) >= 11 is 0. The van der Waals surface area contributed by atoms with Gasteiger partial charge in [-0.25, -0.2) is 0 Å². The van der Waals surface area contributed by atoms with Gasteiger partial charge in [-0.15, -0.1) is 0 Å². The van der Waals surface area contributed by atoms with Gasteiger partial charge in [-0.05, 0) is 68.1 Å². The molecule has 3 fully saturated rings. The topological polar surface area (TPSA) is 78.9 Å². The van der Waals surface area contributed by atoms with E-state index < -0.39 is 6.10 Å². The van der Waals surface area contributed by atoms with E-state index in [2.05, 4.69) is 19.2 Å². The van der Waals surface area contributed by atoms with E-state index in [4.69, 9.17) is 4.74 Å². The summed E-state index contributed by atoms with van der Waals surface area (Å²) in [4.78, 5) is 27.4. The number of aliphatic hydroxyl groups excluding tert-OH is 1. The number of nitrogens with zero attached hydrogens (tertiary/aromatic N) is 1. The molecule has 0 radical (unpaired) electrons. The standard InChI is InChI=1S/C24H42N2O4/c1-16(23(29)26-13-6-5-7-14-26)18-8-11-24(3)12-9-19(17(2)21(24)22(18)28)25-20(27)10-15-30-4/h16-19,21-22,28H,5-15H2,1-4H3,(H,25,27)/t16-,17+,18-,19-,21+,22-,24-/m0/s1. The lowest BCUT2D eigenvalue weighted by Crippen LogP contribution is -2.58. The molecule has 0 aromatic rings. The molecule has 2 N–H and O–H groups in total. The van der Waals surface area contributed by atoms with E-state index in [1.54, 1.807) is 7.11 Å². The zero-order chi connectivity index (χ0) is 21.9. The number of amides is 2. The first-order chi connectivity index (χ1) is 14.3. The van der Waals surface area contributed by atoms with Crippen LogP contribution < -0.4 is 5.32 Å². The van der Waals surface area contributed by atoms with Gasteiger partial charge in [0, 0.05) is 38.6 Å². The van der Waals surface area contributed by atoms with Gasteiger partial charge in [0.05, 0.1) is 12.7 Å². The number of carbonyl (C=O) groups is 2. The van der Waals surface area contributed by atoms with Gasteiger partial charge in [0.25, 0.3) is 0 Å². The summed E-state index contributed by atoms with van der Waals surface area (Å²) in [7, 11) is 1.60. The first-order valence-electron chi connectivity index (χ1n) is 12.0. The summed E-state index contributed by atoms with van der Waals surface area (Å²) in [6, 6.07) is 0.0777. The maximum Gasteiger partial charge on any atom is 0.225 e. The molecule has 0 unspecified atom stereocenters. The lowest BCUT2D eigenvalue weighted by atomic mass is 9.51. The van der Waals surface area contributed by atoms with E-state index in [0.29, 0.717) is 13.0 Å². The minimum atomic E-state index is -0.499. The van der Waals surface area contributed by atoms with Crippen LogP contribution in [-0.4, -0.2) is 60.8 Å². The highest BCUT2D eigenvalue weighted by molar-refractivity contribution is 5.79. The maximum absolute atomic E-state index is 13.1. The largest absolute Gasteiger partial charge is 0.392 e. The Hall–Kier alpha value is -1.14. The molecule has 1 aliphatic heterocycles. The van der Waals surface area contributed by atoms with E-state index in [-0.39, 0.29) is 46.9 Å². The molecule has 0 aromatic carbocycles. The second-order valence-corrected chi connectivity index (χ2v) is 10.4. The van der Waals surface area contributed by atoms with Crippen LogP contribution in [0.3, 0.4) is 0 Å². The van der Waals surface area contributed by atoms with Crippen LogP contribution in [0.4, 0.5) is 0 Å². The average Bonchev–Trinajstić information content (AvgIpc) is 2.74. The second-order valence-electron chi connectivity index (χ2n) is 10.4. The number of likely N-dealkylation sites (tertiary alicyclic amines) is 1. The predicted molar refractivity (Wildman–Crippen MR) is 117 cm³/mol. The number of hydrogen-bond acceptors (Lipinski definition) is 4. The average molecular weight is 423 g/mol. The van der Waals surface area contributed by atoms with Gasteiger partial charge in [0.1, 0.15) is 0 Å². The van der Waals surface area contributed by atoms with E-state index in [9.17, 15) is 14.7 Å². The molecule has 3 rings (SSSR count). The van der Waals surface area contributed by atoms with E-state index in [1.165, 1.54) is 6.42 Å². The molecule has 0 spiro atoms. The van der Waals surface area contributed by atoms with Gasteiger partial charge in [-0.2, -0.15) is 0 Å². The van der Waals surface area contributed by atoms with Crippen molar-refractivity contribution in [3.63, 3.8) is 0 Å². The monoisotopic (exact) mass is 422 g/mol. The molecule has 1 saturated heterocycles. The van der Waals surface area contributed by atoms with Crippen LogP contribution in [0.25, 0.3) is 0 Å². The minimum Gasteiger partial charge on any atom is -0.392 e. The molecule has 2 aliphatic carbocycles. The highest BCUT2D eigenvalue weighted by Gasteiger charge is 2.54. The summed E-state index contributed by atoms with van der Waals surface area (Å²) in [5.74, 6) is 0.386. The molecule has 3 aliphatic rings. The molecule has 1 heterocycles. The summed E-state index contributed by atoms with van der Waals surface area (Å²) < 4.78 is 5.02. The van der Waals surface area contributed by atoms with E-state index >= 15 is 0 Å². The van der Waals surface area contributed by atoms with Gasteiger partial charge >= 0.3 is 0 Å². The van der Waals surface area contributed by atoms with Crippen molar-refractivity contribution in [3.05, 3.63) is 0 Å². The smallest absolute Gasteiger partial charge is 0.225 e. The number of piperidine rings is 1. The number of rotatable bonds is 6. The number of fused-ring (bicyclic) bond motifs is 1. The lowest BCUT2D eigenvalue weighted by Gasteiger charge is -2.56. The van der Waals surface area contributed by atoms with Crippen molar-refractivity contribution in [3.8, 4) is 0 Å². The zero-order valence-corrected chi connectivity index (χ0v) is 19.4. The van der Waals surface area contributed by atoms with Gasteiger partial charge in [-0.1, -0.05) is 20.8 Å². The van der Waals surface area contributed by atoms with Crippen LogP contribution in [0.5, 0.6) is 0 Å². The van der Waals surface area contributed by atoms with Crippen LogP contribution in [-0.2, 0) is 14.3 Å². The fourth-order valence-corrected chi connectivity index (χ4v) is 6.56. The van der Waals surface area contributed by atoms with Crippen LogP contribution in [0, 0.1) is 29.1 Å². The molecule has 0 aromatic heterocycles. The number of aliphatic hydroxyl groups is 1. The van der Waals surface area contributed by atoms with Crippen molar-refractivity contribution >= 4 is 11.8 Å². The summed E-state index contributed by atoms with van der Waals surface area (Å²) in [6.07, 6.45) is 7.18. The Bertz CT molecular complexity index is 606. The number of carbonyl (C=O) groups excluding carboxylic acids is 2. The molecular weight excluding hydrogens is 380 g/mol. The Morgan fingerprint density at radius 1 is 1.20 bits per heavy atom. The van der Waals surface area contributed by atoms with Crippen LogP contribution >= 0.6 is 0 Å². The first-order valence-corrected chi connectivity index (χ1v) is 12.0. The molecular formula is C24H42N2O4.